The molecule has 1 aliphatic heterocycles. The van der Waals surface area contributed by atoms with Gasteiger partial charge in [-0.25, -0.2) is 0 Å². The maximum absolute atomic E-state index is 6.33. The van der Waals surface area contributed by atoms with E-state index >= 15 is 0 Å². The summed E-state index contributed by atoms with van der Waals surface area (Å²) in [7, 11) is 0. The van der Waals surface area contributed by atoms with Crippen molar-refractivity contribution >= 4 is 16.6 Å². The summed E-state index contributed by atoms with van der Waals surface area (Å²) < 4.78 is 0. The Kier molecular flexibility index (Phi) is 2.88. The highest BCUT2D eigenvalue weighted by Crippen LogP contribution is 2.39. The molecule has 2 N–H and O–H groups in total. The largest absolute Gasteiger partial charge is 0.370 e. The fourth-order valence-corrected chi connectivity index (χ4v) is 4.07. The van der Waals surface area contributed by atoms with Gasteiger partial charge in [-0.15, -0.1) is 0 Å². The van der Waals surface area contributed by atoms with Gasteiger partial charge in [0.2, 0.25) is 0 Å². The molecule has 2 heterocycles. The van der Waals surface area contributed by atoms with Gasteiger partial charge in [0.05, 0.1) is 5.52 Å². The molecule has 0 bridgehead atoms. The van der Waals surface area contributed by atoms with Gasteiger partial charge in [0.25, 0.3) is 0 Å². The van der Waals surface area contributed by atoms with Crippen LogP contribution >= 0.6 is 0 Å². The van der Waals surface area contributed by atoms with E-state index < -0.39 is 0 Å². The predicted molar refractivity (Wildman–Crippen MR) is 82.8 cm³/mol. The highest BCUT2D eigenvalue weighted by Gasteiger charge is 2.39. The second kappa shape index (κ2) is 4.74. The number of rotatable bonds is 1. The van der Waals surface area contributed by atoms with E-state index in [9.17, 15) is 0 Å². The minimum atomic E-state index is 0.395. The average Bonchev–Trinajstić information content (AvgIpc) is 2.92. The van der Waals surface area contributed by atoms with E-state index in [4.69, 9.17) is 5.73 Å². The van der Waals surface area contributed by atoms with Crippen LogP contribution in [0, 0.1) is 11.8 Å². The molecule has 104 valence electrons. The third-order valence-corrected chi connectivity index (χ3v) is 5.12. The van der Waals surface area contributed by atoms with Gasteiger partial charge >= 0.3 is 0 Å². The van der Waals surface area contributed by atoms with Crippen molar-refractivity contribution in [1.82, 2.24) is 4.98 Å². The van der Waals surface area contributed by atoms with Crippen LogP contribution in [0.25, 0.3) is 10.9 Å². The number of benzene rings is 1. The molecule has 1 saturated heterocycles. The minimum Gasteiger partial charge on any atom is -0.370 e. The maximum Gasteiger partial charge on any atom is 0.0722 e. The summed E-state index contributed by atoms with van der Waals surface area (Å²) in [5, 5.41) is 1.27. The SMILES string of the molecule is NC1CCCC2CN(c3ccnc4ccccc34)CC12. The third-order valence-electron chi connectivity index (χ3n) is 5.12. The van der Waals surface area contributed by atoms with Crippen molar-refractivity contribution in [3.63, 3.8) is 0 Å². The lowest BCUT2D eigenvalue weighted by atomic mass is 9.78. The molecule has 0 amide bonds. The molecule has 1 aromatic heterocycles. The van der Waals surface area contributed by atoms with Crippen LogP contribution in [0.4, 0.5) is 5.69 Å². The van der Waals surface area contributed by atoms with Crippen molar-refractivity contribution in [2.24, 2.45) is 17.6 Å². The summed E-state index contributed by atoms with van der Waals surface area (Å²) >= 11 is 0. The van der Waals surface area contributed by atoms with Gasteiger partial charge in [-0.2, -0.15) is 0 Å². The number of fused-ring (bicyclic) bond motifs is 2. The Labute approximate surface area is 119 Å². The van der Waals surface area contributed by atoms with Crippen LogP contribution in [0.2, 0.25) is 0 Å². The maximum atomic E-state index is 6.33. The molecule has 3 unspecified atom stereocenters. The number of para-hydroxylation sites is 1. The Hall–Kier alpha value is -1.61. The van der Waals surface area contributed by atoms with E-state index in [1.807, 2.05) is 6.20 Å². The van der Waals surface area contributed by atoms with E-state index in [-0.39, 0.29) is 0 Å². The molecule has 2 aromatic rings. The fourth-order valence-electron chi connectivity index (χ4n) is 4.07. The second-order valence-corrected chi connectivity index (χ2v) is 6.27. The standard InChI is InChI=1S/C17H21N3/c18-15-6-3-4-12-10-20(11-14(12)15)17-8-9-19-16-7-2-1-5-13(16)17/h1-2,5,7-9,12,14-15H,3-4,6,10-11,18H2. The molecule has 1 saturated carbocycles. The molecule has 3 atom stereocenters. The van der Waals surface area contributed by atoms with Gasteiger partial charge in [-0.3, -0.25) is 4.98 Å². The second-order valence-electron chi connectivity index (χ2n) is 6.27. The molecule has 20 heavy (non-hydrogen) atoms. The number of hydrogen-bond donors (Lipinski definition) is 1. The smallest absolute Gasteiger partial charge is 0.0722 e. The van der Waals surface area contributed by atoms with Crippen LogP contribution in [-0.4, -0.2) is 24.1 Å². The van der Waals surface area contributed by atoms with Crippen LogP contribution < -0.4 is 10.6 Å². The Morgan fingerprint density at radius 1 is 1.10 bits per heavy atom. The van der Waals surface area contributed by atoms with Gasteiger partial charge in [0.1, 0.15) is 0 Å². The van der Waals surface area contributed by atoms with Gasteiger partial charge in [-0.05, 0) is 36.8 Å². The van der Waals surface area contributed by atoms with Crippen molar-refractivity contribution in [1.29, 1.82) is 0 Å². The quantitative estimate of drug-likeness (QED) is 0.864. The zero-order chi connectivity index (χ0) is 13.5. The Morgan fingerprint density at radius 3 is 2.90 bits per heavy atom. The number of aromatic nitrogens is 1. The first-order chi connectivity index (χ1) is 9.83. The molecule has 3 nitrogen and oxygen atoms in total. The summed E-state index contributed by atoms with van der Waals surface area (Å²) in [4.78, 5) is 7.00. The Balaban J connectivity index is 1.70. The average molecular weight is 267 g/mol. The number of nitrogens with two attached hydrogens (primary N) is 1. The molecule has 0 spiro atoms. The Bertz CT molecular complexity index is 619. The molecule has 3 heteroatoms. The first kappa shape index (κ1) is 12.2. The van der Waals surface area contributed by atoms with Gasteiger partial charge in [0.15, 0.2) is 0 Å². The van der Waals surface area contributed by atoms with E-state index in [2.05, 4.69) is 40.2 Å². The molecule has 0 radical (unpaired) electrons. The van der Waals surface area contributed by atoms with Crippen molar-refractivity contribution in [3.8, 4) is 0 Å². The molecular weight excluding hydrogens is 246 g/mol. The van der Waals surface area contributed by atoms with E-state index in [1.54, 1.807) is 0 Å². The molecule has 1 aromatic carbocycles. The lowest BCUT2D eigenvalue weighted by Crippen LogP contribution is -2.38. The number of pyridine rings is 1. The third kappa shape index (κ3) is 1.88. The summed E-state index contributed by atoms with van der Waals surface area (Å²) in [5.74, 6) is 1.46. The van der Waals surface area contributed by atoms with E-state index in [0.717, 1.165) is 24.5 Å². The lowest BCUT2D eigenvalue weighted by Gasteiger charge is -2.29. The van der Waals surface area contributed by atoms with Gasteiger partial charge in [-0.1, -0.05) is 24.6 Å². The lowest BCUT2D eigenvalue weighted by molar-refractivity contribution is 0.260. The van der Waals surface area contributed by atoms with Crippen LogP contribution in [0.3, 0.4) is 0 Å². The van der Waals surface area contributed by atoms with Crippen LogP contribution in [-0.2, 0) is 0 Å². The first-order valence-corrected chi connectivity index (χ1v) is 7.67. The normalized spacial score (nSPS) is 29.6. The van der Waals surface area contributed by atoms with E-state index in [0.29, 0.717) is 12.0 Å². The highest BCUT2D eigenvalue weighted by atomic mass is 15.2. The zero-order valence-corrected chi connectivity index (χ0v) is 11.7. The highest BCUT2D eigenvalue weighted by molar-refractivity contribution is 5.91. The number of hydrogen-bond acceptors (Lipinski definition) is 3. The Morgan fingerprint density at radius 2 is 2.00 bits per heavy atom. The molecule has 2 aliphatic rings. The fraction of sp³-hybridized carbons (Fsp3) is 0.471. The van der Waals surface area contributed by atoms with Gasteiger partial charge in [0, 0.05) is 36.4 Å². The van der Waals surface area contributed by atoms with E-state index in [1.165, 1.54) is 30.3 Å². The monoisotopic (exact) mass is 267 g/mol. The molecular formula is C17H21N3. The topological polar surface area (TPSA) is 42.1 Å². The summed E-state index contributed by atoms with van der Waals surface area (Å²) in [5.41, 5.74) is 8.75. The predicted octanol–water partition coefficient (Wildman–Crippen LogP) is 2.80. The van der Waals surface area contributed by atoms with Crippen LogP contribution in [0.15, 0.2) is 36.5 Å². The summed E-state index contributed by atoms with van der Waals surface area (Å²) in [6, 6.07) is 11.0. The minimum absolute atomic E-state index is 0.395. The van der Waals surface area contributed by atoms with Crippen molar-refractivity contribution in [2.45, 2.75) is 25.3 Å². The molecule has 4 rings (SSSR count). The zero-order valence-electron chi connectivity index (χ0n) is 11.7. The van der Waals surface area contributed by atoms with Crippen molar-refractivity contribution in [2.75, 3.05) is 18.0 Å². The van der Waals surface area contributed by atoms with Crippen LogP contribution in [0.5, 0.6) is 0 Å². The van der Waals surface area contributed by atoms with Gasteiger partial charge < -0.3 is 10.6 Å². The first-order valence-electron chi connectivity index (χ1n) is 7.67. The summed E-state index contributed by atoms with van der Waals surface area (Å²) in [6.07, 6.45) is 5.77. The summed E-state index contributed by atoms with van der Waals surface area (Å²) in [6.45, 7) is 2.27. The molecule has 1 aliphatic carbocycles. The molecule has 2 fully saturated rings. The van der Waals surface area contributed by atoms with Crippen LogP contribution in [0.1, 0.15) is 19.3 Å². The number of nitrogens with zero attached hydrogens (tertiary/aromatic N) is 2. The van der Waals surface area contributed by atoms with Crippen molar-refractivity contribution in [3.05, 3.63) is 36.5 Å². The number of anilines is 1. The van der Waals surface area contributed by atoms with Crippen molar-refractivity contribution < 1.29 is 0 Å².